The molecule has 2 N–H and O–H groups in total. The first-order valence-electron chi connectivity index (χ1n) is 6.29. The van der Waals surface area contributed by atoms with Crippen LogP contribution in [0.25, 0.3) is 11.4 Å². The maximum atomic E-state index is 13.5. The monoisotopic (exact) mass is 385 g/mol. The molecule has 5 heteroatoms. The number of hydrogen-bond acceptors (Lipinski definition) is 3. The molecule has 0 aliphatic rings. The minimum atomic E-state index is -0.293. The summed E-state index contributed by atoms with van der Waals surface area (Å²) in [4.78, 5) is 8.88. The largest absolute Gasteiger partial charge is 0.383 e. The van der Waals surface area contributed by atoms with E-state index in [1.807, 2.05) is 13.0 Å². The summed E-state index contributed by atoms with van der Waals surface area (Å²) in [7, 11) is 0. The molecular weight excluding hydrogens is 368 g/mol. The molecule has 0 fully saturated rings. The van der Waals surface area contributed by atoms with Crippen molar-refractivity contribution in [3.63, 3.8) is 0 Å². The summed E-state index contributed by atoms with van der Waals surface area (Å²) < 4.78 is 14.4. The van der Waals surface area contributed by atoms with Crippen LogP contribution in [0.15, 0.2) is 18.2 Å². The van der Waals surface area contributed by atoms with E-state index in [2.05, 4.69) is 53.3 Å². The van der Waals surface area contributed by atoms with Crippen LogP contribution in [0.4, 0.5) is 10.2 Å². The molecule has 0 bridgehead atoms. The van der Waals surface area contributed by atoms with Crippen LogP contribution in [0.5, 0.6) is 0 Å². The summed E-state index contributed by atoms with van der Waals surface area (Å²) in [6.07, 6.45) is 0. The Labute approximate surface area is 132 Å². The Kier molecular flexibility index (Phi) is 4.00. The van der Waals surface area contributed by atoms with E-state index < -0.39 is 0 Å². The standard InChI is InChI=1S/C15H17FIN3/c1-8-5-9(7-10(16)6-8)14-19-12(15(2,3)4)11(17)13(18)20-14/h5-7H,1-4H3,(H2,18,19,20). The SMILES string of the molecule is Cc1cc(F)cc(-c2nc(N)c(I)c(C(C)(C)C)n2)c1. The smallest absolute Gasteiger partial charge is 0.161 e. The average molecular weight is 385 g/mol. The highest BCUT2D eigenvalue weighted by molar-refractivity contribution is 14.1. The summed E-state index contributed by atoms with van der Waals surface area (Å²) in [6, 6.07) is 4.77. The topological polar surface area (TPSA) is 51.8 Å². The van der Waals surface area contributed by atoms with Gasteiger partial charge in [-0.15, -0.1) is 0 Å². The lowest BCUT2D eigenvalue weighted by Gasteiger charge is -2.21. The number of nitrogens with zero attached hydrogens (tertiary/aromatic N) is 2. The minimum absolute atomic E-state index is 0.148. The molecule has 3 nitrogen and oxygen atoms in total. The molecule has 2 aromatic rings. The van der Waals surface area contributed by atoms with Crippen LogP contribution in [0.2, 0.25) is 0 Å². The lowest BCUT2D eigenvalue weighted by molar-refractivity contribution is 0.564. The van der Waals surface area contributed by atoms with E-state index in [4.69, 9.17) is 5.73 Å². The molecule has 0 radical (unpaired) electrons. The van der Waals surface area contributed by atoms with E-state index in [9.17, 15) is 4.39 Å². The molecular formula is C15H17FIN3. The zero-order valence-electron chi connectivity index (χ0n) is 12.0. The van der Waals surface area contributed by atoms with Crippen LogP contribution >= 0.6 is 22.6 Å². The molecule has 0 spiro atoms. The van der Waals surface area contributed by atoms with Crippen LogP contribution in [0.1, 0.15) is 32.0 Å². The van der Waals surface area contributed by atoms with Gasteiger partial charge in [-0.05, 0) is 53.3 Å². The van der Waals surface area contributed by atoms with Crippen LogP contribution < -0.4 is 5.73 Å². The van der Waals surface area contributed by atoms with Crippen molar-refractivity contribution in [1.29, 1.82) is 0 Å². The highest BCUT2D eigenvalue weighted by atomic mass is 127. The second kappa shape index (κ2) is 5.27. The van der Waals surface area contributed by atoms with Crippen molar-refractivity contribution < 1.29 is 4.39 Å². The molecule has 1 heterocycles. The first-order valence-corrected chi connectivity index (χ1v) is 7.37. The van der Waals surface area contributed by atoms with E-state index in [-0.39, 0.29) is 11.2 Å². The van der Waals surface area contributed by atoms with Crippen molar-refractivity contribution in [2.24, 2.45) is 0 Å². The van der Waals surface area contributed by atoms with E-state index in [1.54, 1.807) is 0 Å². The molecule has 20 heavy (non-hydrogen) atoms. The summed E-state index contributed by atoms with van der Waals surface area (Å²) >= 11 is 2.16. The maximum absolute atomic E-state index is 13.5. The van der Waals surface area contributed by atoms with Gasteiger partial charge < -0.3 is 5.73 Å². The summed E-state index contributed by atoms with van der Waals surface area (Å²) in [5, 5.41) is 0. The van der Waals surface area contributed by atoms with Crippen molar-refractivity contribution >= 4 is 28.4 Å². The fraction of sp³-hybridized carbons (Fsp3) is 0.333. The van der Waals surface area contributed by atoms with E-state index >= 15 is 0 Å². The number of rotatable bonds is 1. The van der Waals surface area contributed by atoms with E-state index in [0.717, 1.165) is 14.8 Å². The summed E-state index contributed by atoms with van der Waals surface area (Å²) in [6.45, 7) is 8.04. The van der Waals surface area contributed by atoms with Crippen molar-refractivity contribution in [3.05, 3.63) is 38.8 Å². The molecule has 2 rings (SSSR count). The third kappa shape index (κ3) is 3.08. The second-order valence-electron chi connectivity index (χ2n) is 5.86. The number of nitrogen functional groups attached to an aromatic ring is 1. The molecule has 1 aromatic heterocycles. The van der Waals surface area contributed by atoms with Crippen LogP contribution in [0.3, 0.4) is 0 Å². The summed E-state index contributed by atoms with van der Waals surface area (Å²) in [5.41, 5.74) is 8.19. The Morgan fingerprint density at radius 2 is 1.80 bits per heavy atom. The van der Waals surface area contributed by atoms with Crippen molar-refractivity contribution in [3.8, 4) is 11.4 Å². The molecule has 0 saturated carbocycles. The zero-order valence-corrected chi connectivity index (χ0v) is 14.1. The molecule has 0 aliphatic heterocycles. The third-order valence-electron chi connectivity index (χ3n) is 2.89. The van der Waals surface area contributed by atoms with Gasteiger partial charge in [0.05, 0.1) is 9.26 Å². The molecule has 0 saturated heterocycles. The lowest BCUT2D eigenvalue weighted by Crippen LogP contribution is -2.18. The molecule has 106 valence electrons. The van der Waals surface area contributed by atoms with Gasteiger partial charge in [0.15, 0.2) is 5.82 Å². The van der Waals surface area contributed by atoms with Crippen molar-refractivity contribution in [2.45, 2.75) is 33.1 Å². The van der Waals surface area contributed by atoms with Gasteiger partial charge >= 0.3 is 0 Å². The van der Waals surface area contributed by atoms with Crippen LogP contribution in [0, 0.1) is 16.3 Å². The van der Waals surface area contributed by atoms with Crippen molar-refractivity contribution in [1.82, 2.24) is 9.97 Å². The predicted octanol–water partition coefficient (Wildman–Crippen LogP) is 4.08. The van der Waals surface area contributed by atoms with E-state index in [1.165, 1.54) is 12.1 Å². The third-order valence-corrected chi connectivity index (χ3v) is 3.95. The van der Waals surface area contributed by atoms with Gasteiger partial charge in [-0.2, -0.15) is 0 Å². The Bertz CT molecular complexity index is 643. The number of anilines is 1. The van der Waals surface area contributed by atoms with Gasteiger partial charge in [0.25, 0.3) is 0 Å². The Morgan fingerprint density at radius 1 is 1.15 bits per heavy atom. The maximum Gasteiger partial charge on any atom is 0.161 e. The second-order valence-corrected chi connectivity index (χ2v) is 6.94. The average Bonchev–Trinajstić information content (AvgIpc) is 2.29. The van der Waals surface area contributed by atoms with Crippen LogP contribution in [-0.4, -0.2) is 9.97 Å². The highest BCUT2D eigenvalue weighted by Crippen LogP contribution is 2.30. The molecule has 0 atom stereocenters. The molecule has 0 unspecified atom stereocenters. The normalized spacial score (nSPS) is 11.7. The minimum Gasteiger partial charge on any atom is -0.383 e. The van der Waals surface area contributed by atoms with Gasteiger partial charge in [0.1, 0.15) is 11.6 Å². The number of nitrogens with two attached hydrogens (primary N) is 1. The number of benzene rings is 1. The molecule has 0 aliphatic carbocycles. The van der Waals surface area contributed by atoms with Gasteiger partial charge in [-0.1, -0.05) is 20.8 Å². The predicted molar refractivity (Wildman–Crippen MR) is 88.0 cm³/mol. The van der Waals surface area contributed by atoms with Gasteiger partial charge in [-0.3, -0.25) is 0 Å². The molecule has 0 amide bonds. The number of aromatic nitrogens is 2. The fourth-order valence-electron chi connectivity index (χ4n) is 1.96. The number of aryl methyl sites for hydroxylation is 1. The van der Waals surface area contributed by atoms with Crippen LogP contribution in [-0.2, 0) is 5.41 Å². The Morgan fingerprint density at radius 3 is 2.35 bits per heavy atom. The first kappa shape index (κ1) is 15.2. The zero-order chi connectivity index (χ0) is 15.1. The Balaban J connectivity index is 2.67. The fourth-order valence-corrected chi connectivity index (χ4v) is 3.01. The van der Waals surface area contributed by atoms with Gasteiger partial charge in [0.2, 0.25) is 0 Å². The van der Waals surface area contributed by atoms with Gasteiger partial charge in [0, 0.05) is 11.0 Å². The number of hydrogen-bond donors (Lipinski definition) is 1. The van der Waals surface area contributed by atoms with Gasteiger partial charge in [-0.25, -0.2) is 14.4 Å². The quantitative estimate of drug-likeness (QED) is 0.753. The molecule has 1 aromatic carbocycles. The van der Waals surface area contributed by atoms with Crippen molar-refractivity contribution in [2.75, 3.05) is 5.73 Å². The van der Waals surface area contributed by atoms with E-state index in [0.29, 0.717) is 17.2 Å². The lowest BCUT2D eigenvalue weighted by atomic mass is 9.91. The highest BCUT2D eigenvalue weighted by Gasteiger charge is 2.22. The first-order chi connectivity index (χ1) is 9.18. The Hall–Kier alpha value is -1.24. The number of halogens is 2. The summed E-state index contributed by atoms with van der Waals surface area (Å²) in [5.74, 6) is 0.607.